The fraction of sp³-hybridized carbons (Fsp3) is 0.700. The van der Waals surface area contributed by atoms with Crippen LogP contribution in [-0.2, 0) is 4.43 Å². The molecule has 2 nitrogen and oxygen atoms in total. The first kappa shape index (κ1) is 9.49. The summed E-state index contributed by atoms with van der Waals surface area (Å²) >= 11 is 2.36. The third-order valence-corrected chi connectivity index (χ3v) is 3.53. The Morgan fingerprint density at radius 2 is 2.15 bits per heavy atom. The molecule has 1 aliphatic rings. The van der Waals surface area contributed by atoms with Gasteiger partial charge in [0, 0.05) is 10.6 Å². The standard InChI is InChI=1S/C10H15IN2/c11-8-9-6-7-13(12-9)10-4-2-1-3-5-10/h6-7,10H,1-5,8H2. The molecule has 13 heavy (non-hydrogen) atoms. The summed E-state index contributed by atoms with van der Waals surface area (Å²) in [5.41, 5.74) is 1.21. The minimum atomic E-state index is 0.686. The van der Waals surface area contributed by atoms with Gasteiger partial charge in [0.2, 0.25) is 0 Å². The molecule has 1 heterocycles. The number of hydrogen-bond donors (Lipinski definition) is 0. The van der Waals surface area contributed by atoms with Crippen LogP contribution >= 0.6 is 22.6 Å². The van der Waals surface area contributed by atoms with Gasteiger partial charge in [-0.05, 0) is 18.9 Å². The normalized spacial score (nSPS) is 19.2. The third kappa shape index (κ3) is 2.24. The highest BCUT2D eigenvalue weighted by atomic mass is 127. The van der Waals surface area contributed by atoms with Gasteiger partial charge in [0.05, 0.1) is 11.7 Å². The van der Waals surface area contributed by atoms with E-state index in [1.165, 1.54) is 37.8 Å². The molecule has 0 N–H and O–H groups in total. The molecule has 0 aliphatic heterocycles. The van der Waals surface area contributed by atoms with Crippen molar-refractivity contribution in [2.45, 2.75) is 42.6 Å². The number of rotatable bonds is 2. The molecule has 0 aromatic carbocycles. The SMILES string of the molecule is ICc1ccn(C2CCCCC2)n1. The number of nitrogens with zero attached hydrogens (tertiary/aromatic N) is 2. The fourth-order valence-corrected chi connectivity index (χ4v) is 2.40. The second-order valence-corrected chi connectivity index (χ2v) is 4.48. The molecule has 3 heteroatoms. The van der Waals surface area contributed by atoms with Crippen LogP contribution in [0.2, 0.25) is 0 Å². The molecule has 1 fully saturated rings. The fourth-order valence-electron chi connectivity index (χ4n) is 2.00. The molecule has 2 rings (SSSR count). The Morgan fingerprint density at radius 1 is 1.38 bits per heavy atom. The van der Waals surface area contributed by atoms with Crippen molar-refractivity contribution in [3.05, 3.63) is 18.0 Å². The maximum Gasteiger partial charge on any atom is 0.0722 e. The zero-order valence-corrected chi connectivity index (χ0v) is 9.90. The van der Waals surface area contributed by atoms with Crippen LogP contribution in [0.5, 0.6) is 0 Å². The van der Waals surface area contributed by atoms with Crippen LogP contribution < -0.4 is 0 Å². The third-order valence-electron chi connectivity index (χ3n) is 2.75. The summed E-state index contributed by atoms with van der Waals surface area (Å²) in [5, 5.41) is 4.56. The van der Waals surface area contributed by atoms with Crippen LogP contribution in [0.1, 0.15) is 43.8 Å². The summed E-state index contributed by atoms with van der Waals surface area (Å²) in [6.45, 7) is 0. The van der Waals surface area contributed by atoms with E-state index in [-0.39, 0.29) is 0 Å². The zero-order valence-electron chi connectivity index (χ0n) is 7.75. The average Bonchev–Trinajstić information content (AvgIpc) is 2.67. The van der Waals surface area contributed by atoms with Gasteiger partial charge in [0.25, 0.3) is 0 Å². The molecular formula is C10H15IN2. The second-order valence-electron chi connectivity index (χ2n) is 3.71. The van der Waals surface area contributed by atoms with Crippen LogP contribution in [0.25, 0.3) is 0 Å². The highest BCUT2D eigenvalue weighted by molar-refractivity contribution is 14.1. The minimum Gasteiger partial charge on any atom is -0.269 e. The van der Waals surface area contributed by atoms with Crippen molar-refractivity contribution in [3.63, 3.8) is 0 Å². The van der Waals surface area contributed by atoms with Crippen molar-refractivity contribution in [3.8, 4) is 0 Å². The molecular weight excluding hydrogens is 275 g/mol. The van der Waals surface area contributed by atoms with Gasteiger partial charge in [-0.25, -0.2) is 0 Å². The maximum atomic E-state index is 4.56. The van der Waals surface area contributed by atoms with Crippen LogP contribution in [-0.4, -0.2) is 9.78 Å². The molecule has 1 aromatic heterocycles. The first-order chi connectivity index (χ1) is 6.40. The van der Waals surface area contributed by atoms with Gasteiger partial charge in [-0.1, -0.05) is 41.9 Å². The Balaban J connectivity index is 2.05. The highest BCUT2D eigenvalue weighted by Crippen LogP contribution is 2.27. The summed E-state index contributed by atoms with van der Waals surface area (Å²) in [7, 11) is 0. The van der Waals surface area contributed by atoms with E-state index in [1.54, 1.807) is 0 Å². The Kier molecular flexibility index (Phi) is 3.24. The molecule has 0 atom stereocenters. The van der Waals surface area contributed by atoms with E-state index in [0.29, 0.717) is 6.04 Å². The van der Waals surface area contributed by atoms with E-state index in [4.69, 9.17) is 0 Å². The van der Waals surface area contributed by atoms with Crippen LogP contribution in [0.15, 0.2) is 12.3 Å². The predicted molar refractivity (Wildman–Crippen MR) is 62.1 cm³/mol. The summed E-state index contributed by atoms with van der Waals surface area (Å²) < 4.78 is 3.20. The van der Waals surface area contributed by atoms with E-state index in [9.17, 15) is 0 Å². The van der Waals surface area contributed by atoms with Gasteiger partial charge in [-0.3, -0.25) is 4.68 Å². The lowest BCUT2D eigenvalue weighted by Gasteiger charge is -2.21. The first-order valence-corrected chi connectivity index (χ1v) is 6.52. The molecule has 0 amide bonds. The topological polar surface area (TPSA) is 17.8 Å². The van der Waals surface area contributed by atoms with Crippen LogP contribution in [0.3, 0.4) is 0 Å². The second kappa shape index (κ2) is 4.44. The quantitative estimate of drug-likeness (QED) is 0.603. The molecule has 1 aliphatic carbocycles. The van der Waals surface area contributed by atoms with Gasteiger partial charge in [0.15, 0.2) is 0 Å². The number of halogens is 1. The van der Waals surface area contributed by atoms with E-state index in [2.05, 4.69) is 44.6 Å². The molecule has 72 valence electrons. The first-order valence-electron chi connectivity index (χ1n) is 5.00. The van der Waals surface area contributed by atoms with Gasteiger partial charge in [-0.2, -0.15) is 5.10 Å². The largest absolute Gasteiger partial charge is 0.269 e. The van der Waals surface area contributed by atoms with E-state index >= 15 is 0 Å². The van der Waals surface area contributed by atoms with Crippen molar-refractivity contribution in [1.82, 2.24) is 9.78 Å². The molecule has 1 aromatic rings. The van der Waals surface area contributed by atoms with Crippen molar-refractivity contribution < 1.29 is 0 Å². The summed E-state index contributed by atoms with van der Waals surface area (Å²) in [6.07, 6.45) is 8.96. The minimum absolute atomic E-state index is 0.686. The van der Waals surface area contributed by atoms with Gasteiger partial charge in [0.1, 0.15) is 0 Å². The zero-order chi connectivity index (χ0) is 9.10. The Labute approximate surface area is 92.8 Å². The lowest BCUT2D eigenvalue weighted by molar-refractivity contribution is 0.328. The molecule has 1 saturated carbocycles. The molecule has 0 saturated heterocycles. The monoisotopic (exact) mass is 290 g/mol. The lowest BCUT2D eigenvalue weighted by atomic mass is 9.96. The van der Waals surface area contributed by atoms with E-state index < -0.39 is 0 Å². The summed E-state index contributed by atoms with van der Waals surface area (Å²) in [4.78, 5) is 0. The molecule has 0 spiro atoms. The van der Waals surface area contributed by atoms with Crippen molar-refractivity contribution >= 4 is 22.6 Å². The lowest BCUT2D eigenvalue weighted by Crippen LogP contribution is -2.13. The maximum absolute atomic E-state index is 4.56. The van der Waals surface area contributed by atoms with Crippen LogP contribution in [0.4, 0.5) is 0 Å². The van der Waals surface area contributed by atoms with Crippen LogP contribution in [0, 0.1) is 0 Å². The molecule has 0 radical (unpaired) electrons. The van der Waals surface area contributed by atoms with E-state index in [1.807, 2.05) is 0 Å². The number of hydrogen-bond acceptors (Lipinski definition) is 1. The average molecular weight is 290 g/mol. The summed E-state index contributed by atoms with van der Waals surface area (Å²) in [5.74, 6) is 0. The predicted octanol–water partition coefficient (Wildman–Crippen LogP) is 3.32. The van der Waals surface area contributed by atoms with Gasteiger partial charge >= 0.3 is 0 Å². The Bertz CT molecular complexity index is 264. The molecule has 0 bridgehead atoms. The number of alkyl halides is 1. The smallest absolute Gasteiger partial charge is 0.0722 e. The van der Waals surface area contributed by atoms with Gasteiger partial charge in [-0.15, -0.1) is 0 Å². The number of aromatic nitrogens is 2. The Morgan fingerprint density at radius 3 is 2.77 bits per heavy atom. The Hall–Kier alpha value is -0.0600. The molecule has 0 unspecified atom stereocenters. The van der Waals surface area contributed by atoms with E-state index in [0.717, 1.165) is 4.43 Å². The summed E-state index contributed by atoms with van der Waals surface area (Å²) in [6, 6.07) is 2.83. The van der Waals surface area contributed by atoms with Gasteiger partial charge < -0.3 is 0 Å². The van der Waals surface area contributed by atoms with Crippen molar-refractivity contribution in [2.75, 3.05) is 0 Å². The van der Waals surface area contributed by atoms with Crippen molar-refractivity contribution in [2.24, 2.45) is 0 Å². The highest BCUT2D eigenvalue weighted by Gasteiger charge is 2.15. The van der Waals surface area contributed by atoms with Crippen molar-refractivity contribution in [1.29, 1.82) is 0 Å².